The number of sulfonamides is 1. The molecule has 3 atom stereocenters. The van der Waals surface area contributed by atoms with Crippen LogP contribution in [0.15, 0.2) is 30.9 Å². The summed E-state index contributed by atoms with van der Waals surface area (Å²) in [6.45, 7) is 12.5. The minimum atomic E-state index is -3.89. The fourth-order valence-corrected chi connectivity index (χ4v) is 7.34. The van der Waals surface area contributed by atoms with Gasteiger partial charge in [-0.05, 0) is 58.9 Å². The van der Waals surface area contributed by atoms with Gasteiger partial charge in [-0.2, -0.15) is 0 Å². The third-order valence-corrected chi connectivity index (χ3v) is 11.0. The second-order valence-corrected chi connectivity index (χ2v) is 15.0. The van der Waals surface area contributed by atoms with Gasteiger partial charge in [0, 0.05) is 17.9 Å². The molecule has 1 saturated carbocycles. The number of carbonyl (C=O) groups excluding carboxylic acids is 3. The Kier molecular flexibility index (Phi) is 11.0. The van der Waals surface area contributed by atoms with Gasteiger partial charge in [0.05, 0.1) is 35.9 Å². The normalized spacial score (nSPS) is 19.6. The number of benzene rings is 1. The standard InChI is InChI=1S/C33H47BN4O8S/c1-7-15-33(9-3,30(41)37-47(43,44)22-12-13-22)36-29(40)24-16-21(18-38(24)31(42)32(5,6)19-39)46-25-17-26(45-10-4)35-28-23(25)14-11-20(8-2)27(28)34/h7,11,14,17,21-22,24,39H,1,8-10,12-13,15-16,18-19,34H2,2-6H3,(H,36,40)(H,37,41)/t21-,24+,33-/m1/s1. The molecule has 3 amide bonds. The van der Waals surface area contributed by atoms with Gasteiger partial charge in [0.2, 0.25) is 27.7 Å². The number of nitrogens with one attached hydrogen (secondary N) is 2. The van der Waals surface area contributed by atoms with Crippen molar-refractivity contribution in [1.82, 2.24) is 19.9 Å². The molecule has 12 nitrogen and oxygen atoms in total. The third kappa shape index (κ3) is 7.59. The molecule has 0 radical (unpaired) electrons. The van der Waals surface area contributed by atoms with E-state index in [1.165, 1.54) is 11.0 Å². The number of amides is 3. The molecule has 47 heavy (non-hydrogen) atoms. The van der Waals surface area contributed by atoms with Crippen LogP contribution in [0.1, 0.15) is 72.3 Å². The van der Waals surface area contributed by atoms with E-state index in [2.05, 4.69) is 23.5 Å². The van der Waals surface area contributed by atoms with E-state index in [0.29, 0.717) is 31.1 Å². The van der Waals surface area contributed by atoms with Crippen molar-refractivity contribution in [3.63, 3.8) is 0 Å². The van der Waals surface area contributed by atoms with Crippen LogP contribution in [0.2, 0.25) is 0 Å². The maximum absolute atomic E-state index is 14.1. The number of hydrogen-bond acceptors (Lipinski definition) is 9. The Morgan fingerprint density at radius 2 is 1.91 bits per heavy atom. The molecule has 2 fully saturated rings. The van der Waals surface area contributed by atoms with Crippen LogP contribution in [0.25, 0.3) is 10.9 Å². The molecule has 1 saturated heterocycles. The van der Waals surface area contributed by atoms with Crippen molar-refractivity contribution in [3.05, 3.63) is 36.4 Å². The SMILES string of the molecule is Bc1c(CC)ccc2c(O[C@@H]3C[C@@H](C(=O)N[C@](CC)(CC=C)C(=O)NS(=O)(=O)C4CC4)N(C(=O)C(C)(C)CO)C3)cc(OCC)nc12. The maximum atomic E-state index is 14.1. The highest BCUT2D eigenvalue weighted by molar-refractivity contribution is 7.91. The van der Waals surface area contributed by atoms with Crippen LogP contribution in [0.4, 0.5) is 0 Å². The topological polar surface area (TPSA) is 164 Å². The van der Waals surface area contributed by atoms with Crippen LogP contribution in [-0.2, 0) is 30.8 Å². The number of aromatic nitrogens is 1. The number of fused-ring (bicyclic) bond motifs is 1. The van der Waals surface area contributed by atoms with Gasteiger partial charge in [-0.25, -0.2) is 13.4 Å². The highest BCUT2D eigenvalue weighted by atomic mass is 32.2. The lowest BCUT2D eigenvalue weighted by Gasteiger charge is -2.35. The summed E-state index contributed by atoms with van der Waals surface area (Å²) < 4.78 is 39.7. The molecule has 2 aliphatic rings. The number of aliphatic hydroxyl groups is 1. The van der Waals surface area contributed by atoms with Crippen LogP contribution in [-0.4, -0.2) is 91.7 Å². The predicted molar refractivity (Wildman–Crippen MR) is 182 cm³/mol. The summed E-state index contributed by atoms with van der Waals surface area (Å²) in [4.78, 5) is 47.4. The molecule has 3 N–H and O–H groups in total. The van der Waals surface area contributed by atoms with Crippen LogP contribution in [0, 0.1) is 5.41 Å². The van der Waals surface area contributed by atoms with E-state index < -0.39 is 62.7 Å². The Balaban J connectivity index is 1.68. The molecule has 1 aromatic heterocycles. The highest BCUT2D eigenvalue weighted by Crippen LogP contribution is 2.34. The van der Waals surface area contributed by atoms with Gasteiger partial charge in [0.1, 0.15) is 31.3 Å². The maximum Gasteiger partial charge on any atom is 0.259 e. The number of rotatable bonds is 15. The average Bonchev–Trinajstić information content (AvgIpc) is 3.82. The molecule has 0 spiro atoms. The second kappa shape index (κ2) is 14.2. The summed E-state index contributed by atoms with van der Waals surface area (Å²) in [6.07, 6.45) is 2.68. The van der Waals surface area contributed by atoms with E-state index in [0.717, 1.165) is 28.4 Å². The van der Waals surface area contributed by atoms with Crippen molar-refractivity contribution < 1.29 is 37.4 Å². The van der Waals surface area contributed by atoms with Crippen LogP contribution in [0.3, 0.4) is 0 Å². The smallest absolute Gasteiger partial charge is 0.259 e. The number of hydrogen-bond donors (Lipinski definition) is 3. The van der Waals surface area contributed by atoms with Gasteiger partial charge in [0.25, 0.3) is 5.91 Å². The molecular weight excluding hydrogens is 623 g/mol. The van der Waals surface area contributed by atoms with Gasteiger partial charge >= 0.3 is 0 Å². The highest BCUT2D eigenvalue weighted by Gasteiger charge is 2.49. The summed E-state index contributed by atoms with van der Waals surface area (Å²) >= 11 is 0. The van der Waals surface area contributed by atoms with Crippen molar-refractivity contribution in [2.75, 3.05) is 19.8 Å². The quantitative estimate of drug-likeness (QED) is 0.187. The van der Waals surface area contributed by atoms with Crippen LogP contribution in [0.5, 0.6) is 11.6 Å². The molecule has 1 aliphatic heterocycles. The lowest BCUT2D eigenvalue weighted by molar-refractivity contribution is -0.148. The second-order valence-electron chi connectivity index (χ2n) is 13.1. The summed E-state index contributed by atoms with van der Waals surface area (Å²) in [7, 11) is -1.89. The Hall–Kier alpha value is -3.65. The van der Waals surface area contributed by atoms with Crippen molar-refractivity contribution in [1.29, 1.82) is 0 Å². The molecule has 0 bridgehead atoms. The molecule has 0 unspecified atom stereocenters. The predicted octanol–water partition coefficient (Wildman–Crippen LogP) is 1.27. The summed E-state index contributed by atoms with van der Waals surface area (Å²) in [5, 5.41) is 12.9. The molecule has 256 valence electrons. The monoisotopic (exact) mass is 670 g/mol. The van der Waals surface area contributed by atoms with Crippen molar-refractivity contribution in [2.45, 2.75) is 96.1 Å². The Morgan fingerprint density at radius 1 is 1.21 bits per heavy atom. The molecule has 2 heterocycles. The zero-order chi connectivity index (χ0) is 34.7. The molecular formula is C33H47BN4O8S. The first-order valence-electron chi connectivity index (χ1n) is 16.3. The first-order chi connectivity index (χ1) is 22.2. The number of likely N-dealkylation sites (tertiary alicyclic amines) is 1. The molecule has 4 rings (SSSR count). The lowest BCUT2D eigenvalue weighted by atomic mass is 9.86. The van der Waals surface area contributed by atoms with Gasteiger partial charge < -0.3 is 24.8 Å². The largest absolute Gasteiger partial charge is 0.488 e. The lowest BCUT2D eigenvalue weighted by Crippen LogP contribution is -2.62. The van der Waals surface area contributed by atoms with Crippen molar-refractivity contribution in [2.24, 2.45) is 5.41 Å². The van der Waals surface area contributed by atoms with Gasteiger partial charge in [-0.1, -0.05) is 37.0 Å². The van der Waals surface area contributed by atoms with Gasteiger partial charge in [-0.3, -0.25) is 19.1 Å². The number of ether oxygens (including phenoxy) is 2. The molecule has 1 aromatic carbocycles. The third-order valence-electron chi connectivity index (χ3n) is 9.14. The Labute approximate surface area is 278 Å². The Bertz CT molecular complexity index is 1640. The van der Waals surface area contributed by atoms with Crippen molar-refractivity contribution >= 4 is 52.0 Å². The number of nitrogens with zero attached hydrogens (tertiary/aromatic N) is 2. The number of aryl methyl sites for hydroxylation is 1. The van der Waals surface area contributed by atoms with E-state index in [4.69, 9.17) is 14.5 Å². The minimum absolute atomic E-state index is 0.0308. The van der Waals surface area contributed by atoms with Crippen molar-refractivity contribution in [3.8, 4) is 11.6 Å². The van der Waals surface area contributed by atoms with E-state index in [-0.39, 0.29) is 25.8 Å². The fourth-order valence-electron chi connectivity index (χ4n) is 5.96. The van der Waals surface area contributed by atoms with E-state index in [1.54, 1.807) is 26.8 Å². The summed E-state index contributed by atoms with van der Waals surface area (Å²) in [5.41, 5.74) is 0.0464. The number of pyridine rings is 1. The first-order valence-corrected chi connectivity index (χ1v) is 17.8. The number of aliphatic hydroxyl groups excluding tert-OH is 1. The van der Waals surface area contributed by atoms with Crippen LogP contribution < -0.4 is 25.0 Å². The number of carbonyl (C=O) groups is 3. The van der Waals surface area contributed by atoms with Gasteiger partial charge in [-0.15, -0.1) is 6.58 Å². The molecule has 1 aliphatic carbocycles. The van der Waals surface area contributed by atoms with E-state index in [1.807, 2.05) is 26.9 Å². The summed E-state index contributed by atoms with van der Waals surface area (Å²) in [5.74, 6) is -1.08. The van der Waals surface area contributed by atoms with Gasteiger partial charge in [0.15, 0.2) is 0 Å². The first kappa shape index (κ1) is 36.2. The average molecular weight is 671 g/mol. The summed E-state index contributed by atoms with van der Waals surface area (Å²) in [6, 6.07) is 4.59. The zero-order valence-electron chi connectivity index (χ0n) is 28.2. The molecule has 2 aromatic rings. The zero-order valence-corrected chi connectivity index (χ0v) is 29.0. The minimum Gasteiger partial charge on any atom is -0.488 e. The van der Waals surface area contributed by atoms with Crippen LogP contribution >= 0.6 is 0 Å². The Morgan fingerprint density at radius 3 is 2.49 bits per heavy atom. The van der Waals surface area contributed by atoms with E-state index >= 15 is 0 Å². The molecule has 14 heteroatoms. The fraction of sp³-hybridized carbons (Fsp3) is 0.576. The van der Waals surface area contributed by atoms with E-state index in [9.17, 15) is 27.9 Å².